The van der Waals surface area contributed by atoms with Crippen molar-refractivity contribution in [2.45, 2.75) is 51.9 Å². The zero-order chi connectivity index (χ0) is 22.7. The van der Waals surface area contributed by atoms with Gasteiger partial charge in [-0.25, -0.2) is 4.68 Å². The first-order valence-electron chi connectivity index (χ1n) is 11.0. The lowest BCUT2D eigenvalue weighted by Gasteiger charge is -2.38. The standard InChI is InChI=1S/C23H31N7O2/c1-17-20(18(2)28(3)26-17)13-24-22(31)21-15-30(27-25-21)16-23(32)9-11-29(12-10-23)14-19-7-5-4-6-8-19/h4-8,15,32H,9-14,16H2,1-3H3,(H,24,31). The number of nitrogens with zero attached hydrogens (tertiary/aromatic N) is 6. The molecule has 0 saturated carbocycles. The number of hydrogen-bond donors (Lipinski definition) is 2. The smallest absolute Gasteiger partial charge is 0.273 e. The molecule has 3 aromatic rings. The number of carbonyl (C=O) groups excluding carboxylic acids is 1. The third-order valence-electron chi connectivity index (χ3n) is 6.35. The number of amides is 1. The molecule has 1 aliphatic heterocycles. The van der Waals surface area contributed by atoms with Crippen LogP contribution in [0.5, 0.6) is 0 Å². The molecule has 0 unspecified atom stereocenters. The molecule has 2 aromatic heterocycles. The highest BCUT2D eigenvalue weighted by Gasteiger charge is 2.33. The Labute approximate surface area is 188 Å². The minimum Gasteiger partial charge on any atom is -0.388 e. The van der Waals surface area contributed by atoms with Crippen molar-refractivity contribution in [1.82, 2.24) is 35.0 Å². The summed E-state index contributed by atoms with van der Waals surface area (Å²) < 4.78 is 3.38. The second kappa shape index (κ2) is 9.22. The Bertz CT molecular complexity index is 1070. The molecule has 0 atom stereocenters. The van der Waals surface area contributed by atoms with Gasteiger partial charge in [0, 0.05) is 44.5 Å². The Morgan fingerprint density at radius 2 is 1.91 bits per heavy atom. The normalized spacial score (nSPS) is 16.2. The lowest BCUT2D eigenvalue weighted by atomic mass is 9.91. The van der Waals surface area contributed by atoms with E-state index in [1.807, 2.05) is 39.1 Å². The Balaban J connectivity index is 1.29. The van der Waals surface area contributed by atoms with E-state index in [0.29, 0.717) is 25.9 Å². The molecule has 9 nitrogen and oxygen atoms in total. The van der Waals surface area contributed by atoms with Crippen LogP contribution in [-0.4, -0.2) is 59.4 Å². The fourth-order valence-corrected chi connectivity index (χ4v) is 4.24. The topological polar surface area (TPSA) is 101 Å². The van der Waals surface area contributed by atoms with Crippen molar-refractivity contribution in [3.05, 3.63) is 64.7 Å². The zero-order valence-electron chi connectivity index (χ0n) is 19.0. The van der Waals surface area contributed by atoms with E-state index in [1.54, 1.807) is 15.6 Å². The molecule has 1 fully saturated rings. The van der Waals surface area contributed by atoms with E-state index < -0.39 is 5.60 Å². The van der Waals surface area contributed by atoms with Crippen LogP contribution in [0.1, 0.15) is 45.8 Å². The largest absolute Gasteiger partial charge is 0.388 e. The highest BCUT2D eigenvalue weighted by molar-refractivity contribution is 5.91. The molecular weight excluding hydrogens is 406 g/mol. The predicted molar refractivity (Wildman–Crippen MR) is 120 cm³/mol. The number of rotatable bonds is 7. The summed E-state index contributed by atoms with van der Waals surface area (Å²) in [4.78, 5) is 14.9. The Hall–Kier alpha value is -3.04. The summed E-state index contributed by atoms with van der Waals surface area (Å²) in [7, 11) is 1.89. The van der Waals surface area contributed by atoms with Gasteiger partial charge in [0.25, 0.3) is 5.91 Å². The molecule has 1 saturated heterocycles. The van der Waals surface area contributed by atoms with Crippen molar-refractivity contribution >= 4 is 5.91 Å². The number of aliphatic hydroxyl groups is 1. The van der Waals surface area contributed by atoms with Gasteiger partial charge in [-0.05, 0) is 32.3 Å². The number of aryl methyl sites for hydroxylation is 2. The predicted octanol–water partition coefficient (Wildman–Crippen LogP) is 1.59. The molecule has 1 aromatic carbocycles. The van der Waals surface area contributed by atoms with Gasteiger partial charge in [-0.15, -0.1) is 5.10 Å². The van der Waals surface area contributed by atoms with E-state index in [4.69, 9.17) is 0 Å². The van der Waals surface area contributed by atoms with Gasteiger partial charge in [0.15, 0.2) is 5.69 Å². The van der Waals surface area contributed by atoms with Crippen molar-refractivity contribution in [3.63, 3.8) is 0 Å². The van der Waals surface area contributed by atoms with Crippen molar-refractivity contribution < 1.29 is 9.90 Å². The quantitative estimate of drug-likeness (QED) is 0.582. The van der Waals surface area contributed by atoms with Gasteiger partial charge < -0.3 is 10.4 Å². The molecule has 0 bridgehead atoms. The number of aromatic nitrogens is 5. The summed E-state index contributed by atoms with van der Waals surface area (Å²) in [5, 5.41) is 26.4. The lowest BCUT2D eigenvalue weighted by Crippen LogP contribution is -2.46. The highest BCUT2D eigenvalue weighted by Crippen LogP contribution is 2.25. The minimum atomic E-state index is -0.849. The van der Waals surface area contributed by atoms with Gasteiger partial charge in [0.2, 0.25) is 0 Å². The number of hydrogen-bond acceptors (Lipinski definition) is 6. The van der Waals surface area contributed by atoms with Gasteiger partial charge >= 0.3 is 0 Å². The second-order valence-corrected chi connectivity index (χ2v) is 8.74. The summed E-state index contributed by atoms with van der Waals surface area (Å²) in [6, 6.07) is 10.4. The summed E-state index contributed by atoms with van der Waals surface area (Å²) in [5.74, 6) is -0.288. The third kappa shape index (κ3) is 5.05. The Morgan fingerprint density at radius 1 is 1.19 bits per heavy atom. The van der Waals surface area contributed by atoms with Crippen LogP contribution < -0.4 is 5.32 Å². The summed E-state index contributed by atoms with van der Waals surface area (Å²) in [5.41, 5.74) is 3.60. The van der Waals surface area contributed by atoms with Crippen LogP contribution >= 0.6 is 0 Å². The average Bonchev–Trinajstić information content (AvgIpc) is 3.33. The van der Waals surface area contributed by atoms with E-state index in [0.717, 1.165) is 36.6 Å². The molecule has 170 valence electrons. The van der Waals surface area contributed by atoms with Crippen molar-refractivity contribution in [2.75, 3.05) is 13.1 Å². The van der Waals surface area contributed by atoms with Crippen LogP contribution in [0.3, 0.4) is 0 Å². The first-order chi connectivity index (χ1) is 15.3. The molecule has 32 heavy (non-hydrogen) atoms. The highest BCUT2D eigenvalue weighted by atomic mass is 16.3. The molecular formula is C23H31N7O2. The molecule has 3 heterocycles. The van der Waals surface area contributed by atoms with E-state index in [2.05, 4.69) is 37.8 Å². The van der Waals surface area contributed by atoms with Crippen LogP contribution in [0.2, 0.25) is 0 Å². The molecule has 0 spiro atoms. The third-order valence-corrected chi connectivity index (χ3v) is 6.35. The maximum atomic E-state index is 12.5. The molecule has 0 radical (unpaired) electrons. The molecule has 4 rings (SSSR count). The maximum absolute atomic E-state index is 12.5. The van der Waals surface area contributed by atoms with Crippen LogP contribution in [0.4, 0.5) is 0 Å². The van der Waals surface area contributed by atoms with Gasteiger partial charge in [0.05, 0.1) is 24.0 Å². The first-order valence-corrected chi connectivity index (χ1v) is 11.0. The van der Waals surface area contributed by atoms with Crippen LogP contribution in [0, 0.1) is 13.8 Å². The fourth-order valence-electron chi connectivity index (χ4n) is 4.24. The molecule has 1 aliphatic rings. The Morgan fingerprint density at radius 3 is 2.56 bits per heavy atom. The maximum Gasteiger partial charge on any atom is 0.273 e. The van der Waals surface area contributed by atoms with E-state index in [9.17, 15) is 9.90 Å². The second-order valence-electron chi connectivity index (χ2n) is 8.74. The molecule has 1 amide bonds. The summed E-state index contributed by atoms with van der Waals surface area (Å²) >= 11 is 0. The van der Waals surface area contributed by atoms with E-state index in [-0.39, 0.29) is 11.6 Å². The van der Waals surface area contributed by atoms with Crippen LogP contribution in [0.25, 0.3) is 0 Å². The van der Waals surface area contributed by atoms with E-state index >= 15 is 0 Å². The van der Waals surface area contributed by atoms with Gasteiger partial charge in [-0.1, -0.05) is 35.5 Å². The monoisotopic (exact) mass is 437 g/mol. The van der Waals surface area contributed by atoms with Gasteiger partial charge in [0.1, 0.15) is 0 Å². The first kappa shape index (κ1) is 22.2. The zero-order valence-corrected chi connectivity index (χ0v) is 19.0. The molecule has 9 heteroatoms. The van der Waals surface area contributed by atoms with Crippen LogP contribution in [-0.2, 0) is 26.7 Å². The van der Waals surface area contributed by atoms with Crippen molar-refractivity contribution in [3.8, 4) is 0 Å². The van der Waals surface area contributed by atoms with Gasteiger partial charge in [-0.3, -0.25) is 14.4 Å². The SMILES string of the molecule is Cc1nn(C)c(C)c1CNC(=O)c1cn(CC2(O)CCN(Cc3ccccc3)CC2)nn1. The molecule has 0 aliphatic carbocycles. The number of likely N-dealkylation sites (tertiary alicyclic amines) is 1. The Kier molecular flexibility index (Phi) is 6.38. The summed E-state index contributed by atoms with van der Waals surface area (Å²) in [6.45, 7) is 7.14. The summed E-state index contributed by atoms with van der Waals surface area (Å²) in [6.07, 6.45) is 2.91. The number of piperidine rings is 1. The number of benzene rings is 1. The van der Waals surface area contributed by atoms with Crippen molar-refractivity contribution in [1.29, 1.82) is 0 Å². The van der Waals surface area contributed by atoms with Crippen molar-refractivity contribution in [2.24, 2.45) is 7.05 Å². The number of carbonyl (C=O) groups is 1. The lowest BCUT2D eigenvalue weighted by molar-refractivity contribution is -0.0383. The minimum absolute atomic E-state index is 0.245. The fraction of sp³-hybridized carbons (Fsp3) is 0.478. The number of nitrogens with one attached hydrogen (secondary N) is 1. The van der Waals surface area contributed by atoms with Crippen LogP contribution in [0.15, 0.2) is 36.5 Å². The average molecular weight is 438 g/mol. The van der Waals surface area contributed by atoms with Gasteiger partial charge in [-0.2, -0.15) is 5.10 Å². The van der Waals surface area contributed by atoms with E-state index in [1.165, 1.54) is 5.56 Å². The molecule has 2 N–H and O–H groups in total.